The summed E-state index contributed by atoms with van der Waals surface area (Å²) in [5.41, 5.74) is 0.383. The Morgan fingerprint density at radius 1 is 1.24 bits per heavy atom. The number of anilines is 1. The molecule has 0 amide bonds. The Balaban J connectivity index is 1.57. The lowest BCUT2D eigenvalue weighted by Gasteiger charge is -2.31. The molecule has 6 nitrogen and oxygen atoms in total. The summed E-state index contributed by atoms with van der Waals surface area (Å²) in [4.78, 5) is 4.19. The minimum Gasteiger partial charge on any atom is -0.367 e. The van der Waals surface area contributed by atoms with Crippen LogP contribution in [0.3, 0.4) is 0 Å². The van der Waals surface area contributed by atoms with Crippen molar-refractivity contribution in [3.05, 3.63) is 23.9 Å². The number of aromatic nitrogens is 1. The first kappa shape index (κ1) is 14.3. The molecule has 0 spiro atoms. The molecule has 1 N–H and O–H groups in total. The molecular weight excluding hydrogens is 288 g/mol. The molecule has 1 aromatic rings. The third kappa shape index (κ3) is 3.17. The second-order valence-corrected chi connectivity index (χ2v) is 7.79. The van der Waals surface area contributed by atoms with E-state index in [-0.39, 0.29) is 11.3 Å². The van der Waals surface area contributed by atoms with Gasteiger partial charge in [0.25, 0.3) is 0 Å². The van der Waals surface area contributed by atoms with Crippen LogP contribution in [0.25, 0.3) is 0 Å². The maximum absolute atomic E-state index is 12.2. The zero-order chi connectivity index (χ0) is 14.9. The van der Waals surface area contributed by atoms with Crippen molar-refractivity contribution in [1.82, 2.24) is 9.29 Å². The minimum absolute atomic E-state index is 0.129. The highest BCUT2D eigenvalue weighted by Gasteiger charge is 2.41. The summed E-state index contributed by atoms with van der Waals surface area (Å²) < 4.78 is 25.9. The summed E-state index contributed by atoms with van der Waals surface area (Å²) in [7, 11) is -3.05. The second-order valence-electron chi connectivity index (χ2n) is 5.58. The first-order valence-corrected chi connectivity index (χ1v) is 8.72. The number of pyridine rings is 1. The van der Waals surface area contributed by atoms with Gasteiger partial charge in [-0.2, -0.15) is 5.26 Å². The molecule has 112 valence electrons. The molecule has 1 saturated carbocycles. The number of nitrogens with zero attached hydrogens (tertiary/aromatic N) is 3. The van der Waals surface area contributed by atoms with Crippen molar-refractivity contribution in [2.75, 3.05) is 18.4 Å². The first-order chi connectivity index (χ1) is 10.1. The fourth-order valence-electron chi connectivity index (χ4n) is 2.62. The molecule has 0 bridgehead atoms. The van der Waals surface area contributed by atoms with E-state index in [1.54, 1.807) is 16.4 Å². The molecule has 21 heavy (non-hydrogen) atoms. The van der Waals surface area contributed by atoms with Crippen molar-refractivity contribution in [1.29, 1.82) is 5.26 Å². The van der Waals surface area contributed by atoms with Crippen LogP contribution in [0.15, 0.2) is 18.2 Å². The van der Waals surface area contributed by atoms with Crippen LogP contribution >= 0.6 is 0 Å². The lowest BCUT2D eigenvalue weighted by molar-refractivity contribution is 0.329. The van der Waals surface area contributed by atoms with Gasteiger partial charge in [0.2, 0.25) is 10.0 Å². The molecule has 0 aromatic carbocycles. The number of piperidine rings is 1. The van der Waals surface area contributed by atoms with Crippen LogP contribution in [0.4, 0.5) is 5.82 Å². The summed E-state index contributed by atoms with van der Waals surface area (Å²) in [6.07, 6.45) is 3.16. The summed E-state index contributed by atoms with van der Waals surface area (Å²) in [5.74, 6) is 0.678. The second kappa shape index (κ2) is 5.62. The van der Waals surface area contributed by atoms with Gasteiger partial charge in [0.15, 0.2) is 0 Å². The number of nitrogens with one attached hydrogen (secondary N) is 1. The van der Waals surface area contributed by atoms with Crippen molar-refractivity contribution in [2.45, 2.75) is 37.0 Å². The summed E-state index contributed by atoms with van der Waals surface area (Å²) >= 11 is 0. The van der Waals surface area contributed by atoms with Crippen LogP contribution in [0.5, 0.6) is 0 Å². The van der Waals surface area contributed by atoms with Gasteiger partial charge in [0.1, 0.15) is 17.6 Å². The van der Waals surface area contributed by atoms with Crippen LogP contribution < -0.4 is 5.32 Å². The van der Waals surface area contributed by atoms with Crippen molar-refractivity contribution >= 4 is 15.8 Å². The predicted octanol–water partition coefficient (Wildman–Crippen LogP) is 1.32. The minimum atomic E-state index is -3.05. The smallest absolute Gasteiger partial charge is 0.216 e. The van der Waals surface area contributed by atoms with Crippen molar-refractivity contribution < 1.29 is 8.42 Å². The summed E-state index contributed by atoms with van der Waals surface area (Å²) in [6.45, 7) is 1.13. The van der Waals surface area contributed by atoms with Gasteiger partial charge in [-0.05, 0) is 37.8 Å². The van der Waals surface area contributed by atoms with E-state index in [0.29, 0.717) is 24.6 Å². The number of sulfonamides is 1. The molecule has 0 unspecified atom stereocenters. The number of hydrogen-bond donors (Lipinski definition) is 1. The zero-order valence-corrected chi connectivity index (χ0v) is 12.5. The zero-order valence-electron chi connectivity index (χ0n) is 11.7. The molecule has 3 rings (SSSR count). The van der Waals surface area contributed by atoms with Gasteiger partial charge in [-0.1, -0.05) is 6.07 Å². The Bertz CT molecular complexity index is 656. The molecule has 1 aliphatic heterocycles. The number of nitriles is 1. The Morgan fingerprint density at radius 3 is 2.57 bits per heavy atom. The topological polar surface area (TPSA) is 86.1 Å². The lowest BCUT2D eigenvalue weighted by Crippen LogP contribution is -2.43. The highest BCUT2D eigenvalue weighted by molar-refractivity contribution is 7.90. The van der Waals surface area contributed by atoms with Crippen LogP contribution in [0.1, 0.15) is 31.4 Å². The van der Waals surface area contributed by atoms with Crippen LogP contribution in [-0.4, -0.2) is 42.1 Å². The van der Waals surface area contributed by atoms with Gasteiger partial charge in [0.05, 0.1) is 5.25 Å². The average molecular weight is 306 g/mol. The third-order valence-electron chi connectivity index (χ3n) is 3.98. The van der Waals surface area contributed by atoms with Gasteiger partial charge in [0, 0.05) is 19.1 Å². The van der Waals surface area contributed by atoms with E-state index >= 15 is 0 Å². The van der Waals surface area contributed by atoms with Crippen molar-refractivity contribution in [3.63, 3.8) is 0 Å². The molecule has 0 radical (unpaired) electrons. The van der Waals surface area contributed by atoms with E-state index in [4.69, 9.17) is 5.26 Å². The van der Waals surface area contributed by atoms with E-state index in [9.17, 15) is 8.42 Å². The average Bonchev–Trinajstić information content (AvgIpc) is 3.33. The van der Waals surface area contributed by atoms with Crippen LogP contribution in [0.2, 0.25) is 0 Å². The van der Waals surface area contributed by atoms with E-state index in [1.165, 1.54) is 0 Å². The predicted molar refractivity (Wildman–Crippen MR) is 79.1 cm³/mol. The van der Waals surface area contributed by atoms with Gasteiger partial charge < -0.3 is 5.32 Å². The van der Waals surface area contributed by atoms with E-state index in [0.717, 1.165) is 25.7 Å². The van der Waals surface area contributed by atoms with E-state index < -0.39 is 10.0 Å². The fourth-order valence-corrected chi connectivity index (χ4v) is 4.49. The molecule has 0 atom stereocenters. The fraction of sp³-hybridized carbons (Fsp3) is 0.571. The standard InChI is InChI=1S/C14H18N4O2S/c15-10-12-2-1-3-14(17-12)16-11-6-8-18(9-7-11)21(19,20)13-4-5-13/h1-3,11,13H,4-9H2,(H,16,17). The Labute approximate surface area is 124 Å². The quantitative estimate of drug-likeness (QED) is 0.906. The van der Waals surface area contributed by atoms with Crippen LogP contribution in [0, 0.1) is 11.3 Å². The highest BCUT2D eigenvalue weighted by atomic mass is 32.2. The number of hydrogen-bond acceptors (Lipinski definition) is 5. The number of rotatable bonds is 4. The Kier molecular flexibility index (Phi) is 3.83. The van der Waals surface area contributed by atoms with Gasteiger partial charge in [-0.3, -0.25) is 0 Å². The molecular formula is C14H18N4O2S. The highest BCUT2D eigenvalue weighted by Crippen LogP contribution is 2.32. The maximum atomic E-state index is 12.2. The lowest BCUT2D eigenvalue weighted by atomic mass is 10.1. The van der Waals surface area contributed by atoms with Gasteiger partial charge >= 0.3 is 0 Å². The van der Waals surface area contributed by atoms with E-state index in [1.807, 2.05) is 12.1 Å². The molecule has 7 heteroatoms. The van der Waals surface area contributed by atoms with E-state index in [2.05, 4.69) is 10.3 Å². The van der Waals surface area contributed by atoms with Crippen molar-refractivity contribution in [3.8, 4) is 6.07 Å². The monoisotopic (exact) mass is 306 g/mol. The molecule has 1 saturated heterocycles. The Hall–Kier alpha value is -1.65. The van der Waals surface area contributed by atoms with Gasteiger partial charge in [-0.25, -0.2) is 17.7 Å². The largest absolute Gasteiger partial charge is 0.367 e. The SMILES string of the molecule is N#Cc1cccc(NC2CCN(S(=O)(=O)C3CC3)CC2)n1. The normalized spacial score (nSPS) is 20.9. The van der Waals surface area contributed by atoms with Crippen LogP contribution in [-0.2, 0) is 10.0 Å². The van der Waals surface area contributed by atoms with Gasteiger partial charge in [-0.15, -0.1) is 0 Å². The molecule has 2 aliphatic rings. The summed E-state index contributed by atoms with van der Waals surface area (Å²) in [6, 6.07) is 7.50. The third-order valence-corrected chi connectivity index (χ3v) is 6.37. The molecule has 1 aromatic heterocycles. The first-order valence-electron chi connectivity index (χ1n) is 7.22. The molecule has 1 aliphatic carbocycles. The molecule has 2 fully saturated rings. The Morgan fingerprint density at radius 2 is 1.95 bits per heavy atom. The van der Waals surface area contributed by atoms with Crippen molar-refractivity contribution in [2.24, 2.45) is 0 Å². The summed E-state index contributed by atoms with van der Waals surface area (Å²) in [5, 5.41) is 12.0. The maximum Gasteiger partial charge on any atom is 0.216 e. The molecule has 2 heterocycles.